The van der Waals surface area contributed by atoms with Gasteiger partial charge in [-0.2, -0.15) is 0 Å². The van der Waals surface area contributed by atoms with E-state index >= 15 is 0 Å². The first kappa shape index (κ1) is 19.9. The lowest BCUT2D eigenvalue weighted by Crippen LogP contribution is -2.42. The molecule has 27 heavy (non-hydrogen) atoms. The Labute approximate surface area is 161 Å². The number of carbonyl (C=O) groups excluding carboxylic acids is 2. The van der Waals surface area contributed by atoms with Gasteiger partial charge in [0, 0.05) is 30.9 Å². The highest BCUT2D eigenvalue weighted by Gasteiger charge is 2.55. The van der Waals surface area contributed by atoms with Crippen molar-refractivity contribution in [3.05, 3.63) is 34.9 Å². The molecule has 3 atom stereocenters. The van der Waals surface area contributed by atoms with E-state index in [1.54, 1.807) is 0 Å². The molecule has 5 nitrogen and oxygen atoms in total. The lowest BCUT2D eigenvalue weighted by Gasteiger charge is -2.44. The fraction of sp³-hybridized carbons (Fsp3) is 0.636. The van der Waals surface area contributed by atoms with Crippen molar-refractivity contribution in [3.8, 4) is 0 Å². The number of carbonyl (C=O) groups is 2. The van der Waals surface area contributed by atoms with Crippen molar-refractivity contribution in [2.45, 2.75) is 78.1 Å². The molecule has 2 bridgehead atoms. The number of aliphatic hydroxyl groups is 1. The molecule has 1 heterocycles. The van der Waals surface area contributed by atoms with Crippen LogP contribution in [-0.2, 0) is 19.1 Å². The average molecular weight is 374 g/mol. The van der Waals surface area contributed by atoms with Crippen LogP contribution < -0.4 is 0 Å². The highest BCUT2D eigenvalue weighted by atomic mass is 16.7. The van der Waals surface area contributed by atoms with Crippen molar-refractivity contribution in [1.29, 1.82) is 0 Å². The number of rotatable bonds is 1. The molecule has 0 saturated carbocycles. The van der Waals surface area contributed by atoms with E-state index in [4.69, 9.17) is 9.47 Å². The number of ether oxygens (including phenoxy) is 2. The molecule has 0 spiro atoms. The maximum Gasteiger partial charge on any atom is 0.336 e. The normalized spacial score (nSPS) is 33.6. The zero-order chi connectivity index (χ0) is 20.0. The summed E-state index contributed by atoms with van der Waals surface area (Å²) >= 11 is 0. The predicted octanol–water partition coefficient (Wildman–Crippen LogP) is 3.97. The van der Waals surface area contributed by atoms with E-state index in [1.807, 2.05) is 13.0 Å². The van der Waals surface area contributed by atoms with Crippen LogP contribution in [0.2, 0.25) is 0 Å². The van der Waals surface area contributed by atoms with Gasteiger partial charge in [0.25, 0.3) is 0 Å². The topological polar surface area (TPSA) is 72.8 Å². The molecule has 5 heteroatoms. The minimum Gasteiger partial charge on any atom is -0.458 e. The maximum absolute atomic E-state index is 12.4. The van der Waals surface area contributed by atoms with Gasteiger partial charge in [-0.05, 0) is 50.0 Å². The first-order valence-corrected chi connectivity index (χ1v) is 9.74. The summed E-state index contributed by atoms with van der Waals surface area (Å²) < 4.78 is 10.9. The fourth-order valence-corrected chi connectivity index (χ4v) is 5.10. The Hall–Kier alpha value is -1.88. The number of esters is 2. The number of hydrogen-bond donors (Lipinski definition) is 1. The Morgan fingerprint density at radius 2 is 2.00 bits per heavy atom. The van der Waals surface area contributed by atoms with Crippen LogP contribution in [0.4, 0.5) is 0 Å². The summed E-state index contributed by atoms with van der Waals surface area (Å²) in [7, 11) is 0. The molecular weight excluding hydrogens is 344 g/mol. The second-order valence-electron chi connectivity index (χ2n) is 8.82. The molecule has 0 fully saturated rings. The van der Waals surface area contributed by atoms with Crippen molar-refractivity contribution in [2.24, 2.45) is 11.3 Å². The molecule has 2 aliphatic carbocycles. The summed E-state index contributed by atoms with van der Waals surface area (Å²) in [5.74, 6) is -2.04. The van der Waals surface area contributed by atoms with Gasteiger partial charge in [-0.1, -0.05) is 31.6 Å². The summed E-state index contributed by atoms with van der Waals surface area (Å²) in [5.41, 5.74) is 2.91. The summed E-state index contributed by atoms with van der Waals surface area (Å²) in [6, 6.07) is 0. The van der Waals surface area contributed by atoms with E-state index in [-0.39, 0.29) is 17.8 Å². The summed E-state index contributed by atoms with van der Waals surface area (Å²) in [5, 5.41) is 11.3. The first-order chi connectivity index (χ1) is 12.5. The third-order valence-electron chi connectivity index (χ3n) is 6.25. The van der Waals surface area contributed by atoms with Crippen molar-refractivity contribution in [2.75, 3.05) is 0 Å². The fourth-order valence-electron chi connectivity index (χ4n) is 5.10. The van der Waals surface area contributed by atoms with Gasteiger partial charge in [0.15, 0.2) is 0 Å². The smallest absolute Gasteiger partial charge is 0.336 e. The largest absolute Gasteiger partial charge is 0.458 e. The summed E-state index contributed by atoms with van der Waals surface area (Å²) in [6.45, 7) is 11.6. The van der Waals surface area contributed by atoms with Crippen LogP contribution in [0.5, 0.6) is 0 Å². The zero-order valence-electron chi connectivity index (χ0n) is 16.8. The second kappa shape index (κ2) is 6.93. The minimum absolute atomic E-state index is 0.179. The predicted molar refractivity (Wildman–Crippen MR) is 101 cm³/mol. The van der Waals surface area contributed by atoms with Crippen LogP contribution in [0.3, 0.4) is 0 Å². The zero-order valence-corrected chi connectivity index (χ0v) is 16.8. The Morgan fingerprint density at radius 3 is 2.67 bits per heavy atom. The molecule has 0 aromatic rings. The lowest BCUT2D eigenvalue weighted by atomic mass is 9.61. The second-order valence-corrected chi connectivity index (χ2v) is 8.82. The highest BCUT2D eigenvalue weighted by Crippen LogP contribution is 2.55. The molecule has 0 saturated heterocycles. The Kier molecular flexibility index (Phi) is 5.10. The van der Waals surface area contributed by atoms with Crippen LogP contribution >= 0.6 is 0 Å². The first-order valence-electron chi connectivity index (χ1n) is 9.74. The van der Waals surface area contributed by atoms with Crippen molar-refractivity contribution in [3.63, 3.8) is 0 Å². The van der Waals surface area contributed by atoms with E-state index < -0.39 is 17.9 Å². The van der Waals surface area contributed by atoms with Crippen molar-refractivity contribution in [1.82, 2.24) is 0 Å². The van der Waals surface area contributed by atoms with E-state index in [0.29, 0.717) is 24.3 Å². The van der Waals surface area contributed by atoms with E-state index in [1.165, 1.54) is 6.92 Å². The number of hydrogen-bond acceptors (Lipinski definition) is 5. The molecule has 3 unspecified atom stereocenters. The van der Waals surface area contributed by atoms with Crippen LogP contribution in [0, 0.1) is 11.3 Å². The molecule has 3 aliphatic rings. The third-order valence-corrected chi connectivity index (χ3v) is 6.25. The lowest BCUT2D eigenvalue weighted by molar-refractivity contribution is -0.184. The molecule has 0 amide bonds. The molecule has 0 aromatic heterocycles. The quantitative estimate of drug-likeness (QED) is 0.555. The van der Waals surface area contributed by atoms with Crippen LogP contribution in [-0.4, -0.2) is 28.9 Å². The van der Waals surface area contributed by atoms with E-state index in [2.05, 4.69) is 20.4 Å². The molecule has 0 radical (unpaired) electrons. The van der Waals surface area contributed by atoms with Crippen LogP contribution in [0.25, 0.3) is 0 Å². The summed E-state index contributed by atoms with van der Waals surface area (Å²) in [6.07, 6.45) is 5.45. The van der Waals surface area contributed by atoms with Gasteiger partial charge < -0.3 is 14.6 Å². The third kappa shape index (κ3) is 3.75. The highest BCUT2D eigenvalue weighted by molar-refractivity contribution is 5.93. The Morgan fingerprint density at radius 1 is 1.33 bits per heavy atom. The van der Waals surface area contributed by atoms with E-state index in [9.17, 15) is 14.7 Å². The number of fused-ring (bicyclic) bond motifs is 1. The maximum atomic E-state index is 12.4. The van der Waals surface area contributed by atoms with Gasteiger partial charge in [0.05, 0.1) is 0 Å². The molecule has 1 aliphatic heterocycles. The van der Waals surface area contributed by atoms with Gasteiger partial charge in [0.1, 0.15) is 6.10 Å². The van der Waals surface area contributed by atoms with Gasteiger partial charge in [-0.3, -0.25) is 4.79 Å². The summed E-state index contributed by atoms with van der Waals surface area (Å²) in [4.78, 5) is 23.9. The Balaban J connectivity index is 2.04. The standard InChI is InChI=1S/C22H30O5/c1-13-6-7-16-8-9-18-19(21(16,4)5)22(25,27-20(18)24)12-14(2)11-17(10-13)26-15(3)23/h11,16-17,25H,1,6-10,12H2,2-5H3. The Bertz CT molecular complexity index is 742. The van der Waals surface area contributed by atoms with Crippen LogP contribution in [0.1, 0.15) is 66.2 Å². The van der Waals surface area contributed by atoms with Crippen LogP contribution in [0.15, 0.2) is 34.9 Å². The molecule has 3 rings (SSSR count). The molecular formula is C22H30O5. The van der Waals surface area contributed by atoms with Gasteiger partial charge in [-0.15, -0.1) is 0 Å². The monoisotopic (exact) mass is 374 g/mol. The molecule has 0 aromatic carbocycles. The average Bonchev–Trinajstić information content (AvgIpc) is 2.75. The van der Waals surface area contributed by atoms with Crippen molar-refractivity contribution < 1.29 is 24.2 Å². The van der Waals surface area contributed by atoms with Gasteiger partial charge >= 0.3 is 11.9 Å². The SMILES string of the molecule is C=C1CCC2CCC3=C(C(O)(CC(C)=CC(OC(C)=O)C1)OC3=O)C2(C)C. The van der Waals surface area contributed by atoms with E-state index in [0.717, 1.165) is 36.0 Å². The minimum atomic E-state index is -1.62. The van der Waals surface area contributed by atoms with Gasteiger partial charge in [-0.25, -0.2) is 4.79 Å². The van der Waals surface area contributed by atoms with Crippen molar-refractivity contribution >= 4 is 11.9 Å². The van der Waals surface area contributed by atoms with Gasteiger partial charge in [0.2, 0.25) is 5.79 Å². The molecule has 1 N–H and O–H groups in total. The molecule has 148 valence electrons.